The molecule has 140 valence electrons. The van der Waals surface area contributed by atoms with Crippen LogP contribution in [-0.2, 0) is 18.0 Å². The number of hydrogen-bond donors (Lipinski definition) is 1. The number of rotatable bonds is 4. The van der Waals surface area contributed by atoms with Crippen LogP contribution in [0.5, 0.6) is 0 Å². The summed E-state index contributed by atoms with van der Waals surface area (Å²) in [5, 5.41) is 9.70. The summed E-state index contributed by atoms with van der Waals surface area (Å²) < 4.78 is 39.6. The number of hydrogen-bond acceptors (Lipinski definition) is 6. The van der Waals surface area contributed by atoms with Gasteiger partial charge in [0.05, 0.1) is 10.7 Å². The minimum Gasteiger partial charge on any atom is -0.369 e. The van der Waals surface area contributed by atoms with Crippen LogP contribution in [0.15, 0.2) is 11.4 Å². The van der Waals surface area contributed by atoms with Gasteiger partial charge in [-0.1, -0.05) is 20.8 Å². The molecule has 0 amide bonds. The fourth-order valence-electron chi connectivity index (χ4n) is 2.32. The van der Waals surface area contributed by atoms with Crippen LogP contribution in [0.4, 0.5) is 19.0 Å². The Kier molecular flexibility index (Phi) is 4.63. The second-order valence-electron chi connectivity index (χ2n) is 7.00. The molecule has 3 heterocycles. The van der Waals surface area contributed by atoms with Crippen molar-refractivity contribution in [2.24, 2.45) is 0 Å². The van der Waals surface area contributed by atoms with Crippen molar-refractivity contribution in [3.8, 4) is 0 Å². The molecule has 10 heteroatoms. The number of thiazole rings is 1. The minimum absolute atomic E-state index is 0.000549. The SMILES string of the molecule is Cc1cc(NCCc2csc(C(C)(C)C)n2)n2nc(C(F)(F)F)nc2n1. The Hall–Kier alpha value is -2.23. The van der Waals surface area contributed by atoms with E-state index in [1.807, 2.05) is 5.38 Å². The van der Waals surface area contributed by atoms with Crippen LogP contribution in [0.3, 0.4) is 0 Å². The van der Waals surface area contributed by atoms with Crippen molar-refractivity contribution in [2.45, 2.75) is 45.7 Å². The number of halogens is 3. The Morgan fingerprint density at radius 2 is 1.88 bits per heavy atom. The molecule has 0 fully saturated rings. The summed E-state index contributed by atoms with van der Waals surface area (Å²) in [5.74, 6) is -0.863. The number of fused-ring (bicyclic) bond motifs is 1. The molecule has 0 aliphatic carbocycles. The molecule has 0 aliphatic rings. The smallest absolute Gasteiger partial charge is 0.369 e. The summed E-state index contributed by atoms with van der Waals surface area (Å²) >= 11 is 1.61. The van der Waals surface area contributed by atoms with E-state index in [0.717, 1.165) is 15.2 Å². The highest BCUT2D eigenvalue weighted by atomic mass is 32.1. The normalized spacial score (nSPS) is 12.7. The molecule has 0 saturated heterocycles. The van der Waals surface area contributed by atoms with E-state index in [9.17, 15) is 13.2 Å². The van der Waals surface area contributed by atoms with Crippen molar-refractivity contribution >= 4 is 22.9 Å². The summed E-state index contributed by atoms with van der Waals surface area (Å²) in [4.78, 5) is 12.1. The summed E-state index contributed by atoms with van der Waals surface area (Å²) in [6, 6.07) is 1.64. The molecule has 0 atom stereocenters. The van der Waals surface area contributed by atoms with Crippen LogP contribution in [-0.4, -0.2) is 31.1 Å². The third kappa shape index (κ3) is 3.95. The van der Waals surface area contributed by atoms with E-state index in [4.69, 9.17) is 0 Å². The molecular formula is C16H19F3N6S. The van der Waals surface area contributed by atoms with Gasteiger partial charge in [-0.05, 0) is 6.92 Å². The second-order valence-corrected chi connectivity index (χ2v) is 7.86. The zero-order chi connectivity index (χ0) is 19.1. The van der Waals surface area contributed by atoms with E-state index in [0.29, 0.717) is 24.5 Å². The van der Waals surface area contributed by atoms with Gasteiger partial charge >= 0.3 is 6.18 Å². The zero-order valence-electron chi connectivity index (χ0n) is 14.8. The molecular weight excluding hydrogens is 365 g/mol. The number of anilines is 1. The predicted octanol–water partition coefficient (Wildman–Crippen LogP) is 3.86. The van der Waals surface area contributed by atoms with Gasteiger partial charge in [0, 0.05) is 35.5 Å². The van der Waals surface area contributed by atoms with Gasteiger partial charge in [0.2, 0.25) is 0 Å². The number of aromatic nitrogens is 5. The highest BCUT2D eigenvalue weighted by Gasteiger charge is 2.36. The highest BCUT2D eigenvalue weighted by molar-refractivity contribution is 7.09. The maximum absolute atomic E-state index is 12.8. The van der Waals surface area contributed by atoms with Gasteiger partial charge in [-0.15, -0.1) is 16.4 Å². The fraction of sp³-hybridized carbons (Fsp3) is 0.500. The van der Waals surface area contributed by atoms with Gasteiger partial charge in [-0.25, -0.2) is 9.97 Å². The van der Waals surface area contributed by atoms with E-state index in [1.165, 1.54) is 0 Å². The third-order valence-corrected chi connectivity index (χ3v) is 4.89. The Balaban J connectivity index is 1.76. The fourth-order valence-corrected chi connectivity index (χ4v) is 3.26. The van der Waals surface area contributed by atoms with E-state index < -0.39 is 12.0 Å². The van der Waals surface area contributed by atoms with Crippen LogP contribution >= 0.6 is 11.3 Å². The first kappa shape index (κ1) is 18.6. The van der Waals surface area contributed by atoms with Crippen LogP contribution in [0.2, 0.25) is 0 Å². The van der Waals surface area contributed by atoms with Crippen LogP contribution in [0.25, 0.3) is 5.78 Å². The number of nitrogens with zero attached hydrogens (tertiary/aromatic N) is 5. The molecule has 0 radical (unpaired) electrons. The Morgan fingerprint density at radius 1 is 1.15 bits per heavy atom. The summed E-state index contributed by atoms with van der Waals surface area (Å²) in [6.07, 6.45) is -3.96. The molecule has 1 N–H and O–H groups in total. The lowest BCUT2D eigenvalue weighted by atomic mass is 9.98. The molecule has 3 rings (SSSR count). The maximum Gasteiger partial charge on any atom is 0.453 e. The van der Waals surface area contributed by atoms with Crippen molar-refractivity contribution in [3.05, 3.63) is 33.7 Å². The Morgan fingerprint density at radius 3 is 2.50 bits per heavy atom. The largest absolute Gasteiger partial charge is 0.453 e. The number of nitrogens with one attached hydrogen (secondary N) is 1. The van der Waals surface area contributed by atoms with Crippen molar-refractivity contribution in [1.29, 1.82) is 0 Å². The predicted molar refractivity (Wildman–Crippen MR) is 93.5 cm³/mol. The first-order valence-electron chi connectivity index (χ1n) is 8.04. The molecule has 0 unspecified atom stereocenters. The Labute approximate surface area is 152 Å². The lowest BCUT2D eigenvalue weighted by Gasteiger charge is -2.13. The van der Waals surface area contributed by atoms with Gasteiger partial charge < -0.3 is 5.32 Å². The summed E-state index contributed by atoms with van der Waals surface area (Å²) in [5.41, 5.74) is 1.51. The number of aryl methyl sites for hydroxylation is 1. The average molecular weight is 384 g/mol. The summed E-state index contributed by atoms with van der Waals surface area (Å²) in [7, 11) is 0. The van der Waals surface area contributed by atoms with Gasteiger partial charge in [0.15, 0.2) is 0 Å². The van der Waals surface area contributed by atoms with Crippen molar-refractivity contribution < 1.29 is 13.2 Å². The highest BCUT2D eigenvalue weighted by Crippen LogP contribution is 2.27. The number of alkyl halides is 3. The van der Waals surface area contributed by atoms with Crippen LogP contribution in [0.1, 0.15) is 43.0 Å². The lowest BCUT2D eigenvalue weighted by Crippen LogP contribution is -2.13. The molecule has 0 saturated carbocycles. The average Bonchev–Trinajstić information content (AvgIpc) is 3.12. The van der Waals surface area contributed by atoms with Crippen molar-refractivity contribution in [2.75, 3.05) is 11.9 Å². The first-order chi connectivity index (χ1) is 12.0. The van der Waals surface area contributed by atoms with Gasteiger partial charge in [-0.2, -0.15) is 22.7 Å². The van der Waals surface area contributed by atoms with Gasteiger partial charge in [0.1, 0.15) is 5.82 Å². The molecule has 3 aromatic rings. The minimum atomic E-state index is -4.61. The van der Waals surface area contributed by atoms with E-state index >= 15 is 0 Å². The van der Waals surface area contributed by atoms with E-state index in [-0.39, 0.29) is 11.2 Å². The molecule has 0 aromatic carbocycles. The van der Waals surface area contributed by atoms with Crippen LogP contribution < -0.4 is 5.32 Å². The Bertz CT molecular complexity index is 922. The van der Waals surface area contributed by atoms with E-state index in [1.54, 1.807) is 24.3 Å². The molecule has 0 aliphatic heterocycles. The van der Waals surface area contributed by atoms with Crippen molar-refractivity contribution in [3.63, 3.8) is 0 Å². The molecule has 0 bridgehead atoms. The first-order valence-corrected chi connectivity index (χ1v) is 8.92. The molecule has 6 nitrogen and oxygen atoms in total. The molecule has 3 aromatic heterocycles. The standard InChI is InChI=1S/C16H19F3N6S/c1-9-7-11(25-14(21-9)23-12(24-25)16(17,18)19)20-6-5-10-8-26-13(22-10)15(2,3)4/h7-8,20H,5-6H2,1-4H3. The molecule has 0 spiro atoms. The lowest BCUT2D eigenvalue weighted by molar-refractivity contribution is -0.144. The quantitative estimate of drug-likeness (QED) is 0.740. The van der Waals surface area contributed by atoms with E-state index in [2.05, 4.69) is 46.1 Å². The van der Waals surface area contributed by atoms with Crippen molar-refractivity contribution in [1.82, 2.24) is 24.6 Å². The molecule has 26 heavy (non-hydrogen) atoms. The topological polar surface area (TPSA) is 68.0 Å². The zero-order valence-corrected chi connectivity index (χ0v) is 15.7. The second kappa shape index (κ2) is 6.49. The summed E-state index contributed by atoms with van der Waals surface area (Å²) in [6.45, 7) is 8.52. The monoisotopic (exact) mass is 384 g/mol. The van der Waals surface area contributed by atoms with Gasteiger partial charge in [0.25, 0.3) is 11.6 Å². The third-order valence-electron chi connectivity index (χ3n) is 3.57. The maximum atomic E-state index is 12.8. The van der Waals surface area contributed by atoms with Gasteiger partial charge in [-0.3, -0.25) is 0 Å². The van der Waals surface area contributed by atoms with Crippen LogP contribution in [0, 0.1) is 6.92 Å².